The predicted molar refractivity (Wildman–Crippen MR) is 46.7 cm³/mol. The van der Waals surface area contributed by atoms with Gasteiger partial charge in [-0.2, -0.15) is 0 Å². The van der Waals surface area contributed by atoms with E-state index in [2.05, 4.69) is 5.32 Å². The Labute approximate surface area is 77.0 Å². The molecular weight excluding hydrogens is 170 g/mol. The molecule has 2 fully saturated rings. The third-order valence-electron chi connectivity index (χ3n) is 2.89. The van der Waals surface area contributed by atoms with Gasteiger partial charge in [-0.25, -0.2) is 10.6 Å². The fourth-order valence-corrected chi connectivity index (χ4v) is 2.23. The number of urea groups is 1. The number of hydrazine groups is 1. The summed E-state index contributed by atoms with van der Waals surface area (Å²) in [7, 11) is 0. The van der Waals surface area contributed by atoms with E-state index in [0.717, 1.165) is 12.8 Å². The minimum Gasteiger partial charge on any atom is -0.375 e. The maximum Gasteiger partial charge on any atom is 0.328 e. The van der Waals surface area contributed by atoms with Gasteiger partial charge in [0, 0.05) is 12.5 Å². The minimum absolute atomic E-state index is 0.317. The van der Waals surface area contributed by atoms with Gasteiger partial charge in [-0.3, -0.25) is 5.43 Å². The van der Waals surface area contributed by atoms with Crippen molar-refractivity contribution in [1.29, 1.82) is 0 Å². The number of nitrogens with two attached hydrogens (primary N) is 1. The Balaban J connectivity index is 1.74. The molecule has 0 aromatic rings. The first-order chi connectivity index (χ1) is 6.29. The van der Waals surface area contributed by atoms with E-state index in [0.29, 0.717) is 24.7 Å². The molecule has 0 aliphatic carbocycles. The summed E-state index contributed by atoms with van der Waals surface area (Å²) in [5, 5.41) is 2.70. The summed E-state index contributed by atoms with van der Waals surface area (Å²) in [6.07, 6.45) is 4.21. The van der Waals surface area contributed by atoms with Gasteiger partial charge in [-0.05, 0) is 19.3 Å². The number of rotatable bonds is 2. The zero-order valence-corrected chi connectivity index (χ0v) is 7.45. The third kappa shape index (κ3) is 1.76. The summed E-state index contributed by atoms with van der Waals surface area (Å²) in [6.45, 7) is 0.671. The molecule has 3 atom stereocenters. The van der Waals surface area contributed by atoms with Gasteiger partial charge in [0.05, 0.1) is 12.2 Å². The first kappa shape index (κ1) is 8.77. The molecule has 2 amide bonds. The molecule has 13 heavy (non-hydrogen) atoms. The van der Waals surface area contributed by atoms with Gasteiger partial charge in [0.2, 0.25) is 0 Å². The summed E-state index contributed by atoms with van der Waals surface area (Å²) in [4.78, 5) is 10.8. The molecule has 74 valence electrons. The van der Waals surface area contributed by atoms with Crippen molar-refractivity contribution in [1.82, 2.24) is 10.7 Å². The number of ether oxygens (including phenoxy) is 1. The topological polar surface area (TPSA) is 76.4 Å². The quantitative estimate of drug-likeness (QED) is 0.315. The van der Waals surface area contributed by atoms with Crippen LogP contribution in [0.4, 0.5) is 4.79 Å². The Kier molecular flexibility index (Phi) is 2.37. The minimum atomic E-state index is -0.317. The highest BCUT2D eigenvalue weighted by molar-refractivity contribution is 5.72. The van der Waals surface area contributed by atoms with E-state index in [-0.39, 0.29) is 6.03 Å². The first-order valence-corrected chi connectivity index (χ1v) is 4.69. The highest BCUT2D eigenvalue weighted by atomic mass is 16.5. The normalized spacial score (nSPS) is 36.2. The van der Waals surface area contributed by atoms with Crippen molar-refractivity contribution in [2.75, 3.05) is 6.54 Å². The van der Waals surface area contributed by atoms with Crippen LogP contribution in [0.25, 0.3) is 0 Å². The molecule has 4 N–H and O–H groups in total. The van der Waals surface area contributed by atoms with Crippen LogP contribution in [-0.4, -0.2) is 24.8 Å². The summed E-state index contributed by atoms with van der Waals surface area (Å²) >= 11 is 0. The van der Waals surface area contributed by atoms with Crippen molar-refractivity contribution in [2.45, 2.75) is 31.5 Å². The van der Waals surface area contributed by atoms with Crippen LogP contribution in [0.1, 0.15) is 19.3 Å². The molecule has 0 radical (unpaired) electrons. The second-order valence-corrected chi connectivity index (χ2v) is 3.72. The number of carbonyl (C=O) groups excluding carboxylic acids is 1. The van der Waals surface area contributed by atoms with E-state index < -0.39 is 0 Å². The van der Waals surface area contributed by atoms with Gasteiger partial charge in [0.1, 0.15) is 0 Å². The Morgan fingerprint density at radius 3 is 2.92 bits per heavy atom. The number of amides is 2. The van der Waals surface area contributed by atoms with Crippen LogP contribution in [0.15, 0.2) is 0 Å². The largest absolute Gasteiger partial charge is 0.375 e. The molecule has 2 heterocycles. The molecule has 0 aromatic carbocycles. The highest BCUT2D eigenvalue weighted by Gasteiger charge is 2.40. The molecular formula is C8H15N3O2. The molecule has 5 heteroatoms. The number of nitrogens with one attached hydrogen (secondary N) is 2. The van der Waals surface area contributed by atoms with Gasteiger partial charge in [0.25, 0.3) is 0 Å². The first-order valence-electron chi connectivity index (χ1n) is 4.69. The Hall–Kier alpha value is -0.810. The van der Waals surface area contributed by atoms with Gasteiger partial charge in [-0.15, -0.1) is 0 Å². The SMILES string of the molecule is NNC(=O)NCC1CC2CCC1O2. The lowest BCUT2D eigenvalue weighted by molar-refractivity contribution is 0.0927. The van der Waals surface area contributed by atoms with E-state index in [4.69, 9.17) is 10.6 Å². The second kappa shape index (κ2) is 3.51. The Bertz CT molecular complexity index is 210. The van der Waals surface area contributed by atoms with Gasteiger partial charge in [0.15, 0.2) is 0 Å². The lowest BCUT2D eigenvalue weighted by Gasteiger charge is -2.18. The molecule has 2 aliphatic rings. The van der Waals surface area contributed by atoms with Crippen molar-refractivity contribution in [3.63, 3.8) is 0 Å². The molecule has 5 nitrogen and oxygen atoms in total. The average Bonchev–Trinajstić information content (AvgIpc) is 2.74. The molecule has 2 rings (SSSR count). The molecule has 3 unspecified atom stereocenters. The van der Waals surface area contributed by atoms with Crippen LogP contribution < -0.4 is 16.6 Å². The van der Waals surface area contributed by atoms with E-state index in [1.165, 1.54) is 6.42 Å². The van der Waals surface area contributed by atoms with Crippen molar-refractivity contribution in [2.24, 2.45) is 11.8 Å². The van der Waals surface area contributed by atoms with E-state index in [1.54, 1.807) is 0 Å². The van der Waals surface area contributed by atoms with Crippen molar-refractivity contribution < 1.29 is 9.53 Å². The Morgan fingerprint density at radius 1 is 1.54 bits per heavy atom. The maximum atomic E-state index is 10.8. The predicted octanol–water partition coefficient (Wildman–Crippen LogP) is -0.273. The van der Waals surface area contributed by atoms with Crippen molar-refractivity contribution >= 4 is 6.03 Å². The lowest BCUT2D eigenvalue weighted by atomic mass is 9.89. The second-order valence-electron chi connectivity index (χ2n) is 3.72. The number of hydrogen-bond acceptors (Lipinski definition) is 3. The van der Waals surface area contributed by atoms with Crippen LogP contribution in [-0.2, 0) is 4.74 Å². The zero-order valence-electron chi connectivity index (χ0n) is 7.45. The third-order valence-corrected chi connectivity index (χ3v) is 2.89. The van der Waals surface area contributed by atoms with E-state index >= 15 is 0 Å². The molecule has 0 spiro atoms. The monoisotopic (exact) mass is 185 g/mol. The Morgan fingerprint density at radius 2 is 2.38 bits per heavy atom. The van der Waals surface area contributed by atoms with Gasteiger partial charge in [-0.1, -0.05) is 0 Å². The van der Waals surface area contributed by atoms with Crippen LogP contribution in [0.5, 0.6) is 0 Å². The van der Waals surface area contributed by atoms with Crippen molar-refractivity contribution in [3.05, 3.63) is 0 Å². The number of hydrogen-bond donors (Lipinski definition) is 3. The van der Waals surface area contributed by atoms with Crippen molar-refractivity contribution in [3.8, 4) is 0 Å². The summed E-state index contributed by atoms with van der Waals surface area (Å²) in [6, 6.07) is -0.317. The molecule has 0 saturated carbocycles. The van der Waals surface area contributed by atoms with Crippen LogP contribution in [0.2, 0.25) is 0 Å². The summed E-state index contributed by atoms with van der Waals surface area (Å²) in [5.74, 6) is 5.42. The highest BCUT2D eigenvalue weighted by Crippen LogP contribution is 2.38. The van der Waals surface area contributed by atoms with Crippen LogP contribution >= 0.6 is 0 Å². The lowest BCUT2D eigenvalue weighted by Crippen LogP contribution is -2.43. The molecule has 0 aromatic heterocycles. The van der Waals surface area contributed by atoms with Crippen LogP contribution in [0, 0.1) is 5.92 Å². The fraction of sp³-hybridized carbons (Fsp3) is 0.875. The summed E-state index contributed by atoms with van der Waals surface area (Å²) in [5.41, 5.74) is 2.04. The fourth-order valence-electron chi connectivity index (χ4n) is 2.23. The smallest absolute Gasteiger partial charge is 0.328 e. The average molecular weight is 185 g/mol. The zero-order chi connectivity index (χ0) is 9.26. The van der Waals surface area contributed by atoms with E-state index in [9.17, 15) is 4.79 Å². The molecule has 2 bridgehead atoms. The van der Waals surface area contributed by atoms with Gasteiger partial charge < -0.3 is 10.1 Å². The molecule has 2 aliphatic heterocycles. The van der Waals surface area contributed by atoms with E-state index in [1.807, 2.05) is 5.43 Å². The van der Waals surface area contributed by atoms with Gasteiger partial charge >= 0.3 is 6.03 Å². The summed E-state index contributed by atoms with van der Waals surface area (Å²) < 4.78 is 5.65. The number of fused-ring (bicyclic) bond motifs is 2. The molecule has 2 saturated heterocycles. The standard InChI is InChI=1S/C8H15N3O2/c9-11-8(12)10-4-5-3-6-1-2-7(5)13-6/h5-7H,1-4,9H2,(H2,10,11,12). The number of carbonyl (C=O) groups is 1. The van der Waals surface area contributed by atoms with Crippen LogP contribution in [0.3, 0.4) is 0 Å². The maximum absolute atomic E-state index is 10.8.